The molecule has 0 N–H and O–H groups in total. The highest BCUT2D eigenvalue weighted by Crippen LogP contribution is 2.28. The topological polar surface area (TPSA) is 52.4 Å². The molecule has 4 nitrogen and oxygen atoms in total. The molecule has 0 bridgehead atoms. The Bertz CT molecular complexity index is 660. The fourth-order valence-electron chi connectivity index (χ4n) is 1.80. The van der Waals surface area contributed by atoms with Crippen LogP contribution in [0.25, 0.3) is 5.57 Å². The lowest BCUT2D eigenvalue weighted by Crippen LogP contribution is -1.92. The number of rotatable bonds is 4. The van der Waals surface area contributed by atoms with Gasteiger partial charge in [-0.3, -0.25) is 10.1 Å². The number of nitro benzene ring substituents is 1. The molecule has 0 saturated heterocycles. The van der Waals surface area contributed by atoms with E-state index in [0.717, 1.165) is 16.7 Å². The van der Waals surface area contributed by atoms with Crippen molar-refractivity contribution in [1.29, 1.82) is 0 Å². The van der Waals surface area contributed by atoms with Crippen molar-refractivity contribution < 1.29 is 9.66 Å². The second-order valence-corrected chi connectivity index (χ2v) is 4.61. The van der Waals surface area contributed by atoms with Crippen LogP contribution in [0.1, 0.15) is 18.1 Å². The number of hydrogen-bond acceptors (Lipinski definition) is 3. The second-order valence-electron chi connectivity index (χ2n) is 4.61. The van der Waals surface area contributed by atoms with Gasteiger partial charge in [-0.15, -0.1) is 0 Å². The van der Waals surface area contributed by atoms with Crippen molar-refractivity contribution in [3.8, 4) is 11.5 Å². The Hall–Kier alpha value is -2.62. The van der Waals surface area contributed by atoms with Crippen LogP contribution in [0, 0.1) is 17.0 Å². The predicted octanol–water partition coefficient (Wildman–Crippen LogP) is 4.73. The average molecular weight is 269 g/mol. The maximum atomic E-state index is 10.7. The zero-order chi connectivity index (χ0) is 14.7. The van der Waals surface area contributed by atoms with Gasteiger partial charge in [-0.2, -0.15) is 0 Å². The summed E-state index contributed by atoms with van der Waals surface area (Å²) in [5.41, 5.74) is 2.83. The van der Waals surface area contributed by atoms with Crippen LogP contribution in [0.3, 0.4) is 0 Å². The van der Waals surface area contributed by atoms with E-state index in [2.05, 4.69) is 6.58 Å². The molecule has 2 aromatic rings. The number of nitro groups is 1. The van der Waals surface area contributed by atoms with Crippen molar-refractivity contribution in [3.63, 3.8) is 0 Å². The average Bonchev–Trinajstić information content (AvgIpc) is 2.41. The van der Waals surface area contributed by atoms with E-state index in [1.807, 2.05) is 31.2 Å². The van der Waals surface area contributed by atoms with Gasteiger partial charge in [-0.25, -0.2) is 0 Å². The maximum Gasteiger partial charge on any atom is 0.269 e. The van der Waals surface area contributed by atoms with Gasteiger partial charge in [-0.05, 0) is 43.2 Å². The van der Waals surface area contributed by atoms with Crippen molar-refractivity contribution in [1.82, 2.24) is 0 Å². The van der Waals surface area contributed by atoms with E-state index in [4.69, 9.17) is 4.74 Å². The first-order chi connectivity index (χ1) is 9.47. The van der Waals surface area contributed by atoms with Gasteiger partial charge in [0.2, 0.25) is 0 Å². The quantitative estimate of drug-likeness (QED) is 0.595. The van der Waals surface area contributed by atoms with Gasteiger partial charge < -0.3 is 4.74 Å². The molecule has 0 aliphatic heterocycles. The van der Waals surface area contributed by atoms with E-state index in [1.54, 1.807) is 13.0 Å². The number of non-ortho nitro benzene ring substituents is 1. The summed E-state index contributed by atoms with van der Waals surface area (Å²) in [6.45, 7) is 7.60. The lowest BCUT2D eigenvalue weighted by atomic mass is 10.1. The normalized spacial score (nSPS) is 10.1. The molecule has 0 aliphatic rings. The van der Waals surface area contributed by atoms with Gasteiger partial charge in [0.05, 0.1) is 4.92 Å². The van der Waals surface area contributed by atoms with Crippen molar-refractivity contribution in [2.45, 2.75) is 13.8 Å². The molecule has 2 rings (SSSR count). The summed E-state index contributed by atoms with van der Waals surface area (Å²) in [4.78, 5) is 10.3. The van der Waals surface area contributed by atoms with Gasteiger partial charge in [-0.1, -0.05) is 24.3 Å². The summed E-state index contributed by atoms with van der Waals surface area (Å²) in [6, 6.07) is 12.1. The van der Waals surface area contributed by atoms with Gasteiger partial charge in [0.15, 0.2) is 0 Å². The Kier molecular flexibility index (Phi) is 3.84. The highest BCUT2D eigenvalue weighted by Gasteiger charge is 2.09. The van der Waals surface area contributed by atoms with Gasteiger partial charge in [0.1, 0.15) is 11.5 Å². The minimum absolute atomic E-state index is 0.0625. The van der Waals surface area contributed by atoms with Crippen molar-refractivity contribution in [2.75, 3.05) is 0 Å². The Morgan fingerprint density at radius 3 is 2.35 bits per heavy atom. The minimum Gasteiger partial charge on any atom is -0.457 e. The molecular formula is C16H15NO3. The van der Waals surface area contributed by atoms with Crippen LogP contribution >= 0.6 is 0 Å². The second kappa shape index (κ2) is 5.57. The Morgan fingerprint density at radius 1 is 1.20 bits per heavy atom. The van der Waals surface area contributed by atoms with Crippen LogP contribution in [0.15, 0.2) is 49.0 Å². The Balaban J connectivity index is 2.21. The molecular weight excluding hydrogens is 254 g/mol. The number of aryl methyl sites for hydroxylation is 1. The lowest BCUT2D eigenvalue weighted by molar-refractivity contribution is -0.384. The monoisotopic (exact) mass is 269 g/mol. The minimum atomic E-state index is -0.418. The zero-order valence-corrected chi connectivity index (χ0v) is 11.4. The Labute approximate surface area is 117 Å². The molecule has 0 aliphatic carbocycles. The number of ether oxygens (including phenoxy) is 1. The van der Waals surface area contributed by atoms with Crippen LogP contribution in [-0.4, -0.2) is 4.92 Å². The standard InChI is InChI=1S/C16H15NO3/c1-11(2)13-4-7-15(8-5-13)20-16-9-6-14(17(18)19)10-12(16)3/h4-10H,1H2,2-3H3. The summed E-state index contributed by atoms with van der Waals surface area (Å²) in [5, 5.41) is 10.7. The molecule has 0 unspecified atom stereocenters. The van der Waals surface area contributed by atoms with Gasteiger partial charge in [0, 0.05) is 12.1 Å². The first kappa shape index (κ1) is 13.8. The zero-order valence-electron chi connectivity index (χ0n) is 11.4. The third kappa shape index (κ3) is 3.03. The fourth-order valence-corrected chi connectivity index (χ4v) is 1.80. The molecule has 0 heterocycles. The predicted molar refractivity (Wildman–Crippen MR) is 79.1 cm³/mol. The molecule has 2 aromatic carbocycles. The number of nitrogens with zero attached hydrogens (tertiary/aromatic N) is 1. The number of benzene rings is 2. The van der Waals surface area contributed by atoms with Gasteiger partial charge >= 0.3 is 0 Å². The first-order valence-electron chi connectivity index (χ1n) is 6.16. The van der Waals surface area contributed by atoms with Crippen molar-refractivity contribution in [3.05, 3.63) is 70.3 Å². The molecule has 4 heteroatoms. The van der Waals surface area contributed by atoms with E-state index < -0.39 is 4.92 Å². The third-order valence-corrected chi connectivity index (χ3v) is 2.94. The van der Waals surface area contributed by atoms with E-state index in [1.165, 1.54) is 12.1 Å². The molecule has 20 heavy (non-hydrogen) atoms. The third-order valence-electron chi connectivity index (χ3n) is 2.94. The first-order valence-corrected chi connectivity index (χ1v) is 6.16. The van der Waals surface area contributed by atoms with Crippen LogP contribution in [0.2, 0.25) is 0 Å². The maximum absolute atomic E-state index is 10.7. The highest BCUT2D eigenvalue weighted by molar-refractivity contribution is 5.61. The highest BCUT2D eigenvalue weighted by atomic mass is 16.6. The lowest BCUT2D eigenvalue weighted by Gasteiger charge is -2.09. The molecule has 0 saturated carbocycles. The summed E-state index contributed by atoms with van der Waals surface area (Å²) >= 11 is 0. The van der Waals surface area contributed by atoms with E-state index in [-0.39, 0.29) is 5.69 Å². The molecule has 0 aromatic heterocycles. The number of allylic oxidation sites excluding steroid dienone is 1. The summed E-state index contributed by atoms with van der Waals surface area (Å²) in [6.07, 6.45) is 0. The molecule has 0 fully saturated rings. The van der Waals surface area contributed by atoms with Crippen LogP contribution in [-0.2, 0) is 0 Å². The fraction of sp³-hybridized carbons (Fsp3) is 0.125. The van der Waals surface area contributed by atoms with E-state index in [0.29, 0.717) is 11.5 Å². The van der Waals surface area contributed by atoms with E-state index in [9.17, 15) is 10.1 Å². The Morgan fingerprint density at radius 2 is 1.85 bits per heavy atom. The molecule has 0 atom stereocenters. The summed E-state index contributed by atoms with van der Waals surface area (Å²) in [5.74, 6) is 1.30. The van der Waals surface area contributed by atoms with Crippen molar-refractivity contribution in [2.24, 2.45) is 0 Å². The van der Waals surface area contributed by atoms with E-state index >= 15 is 0 Å². The summed E-state index contributed by atoms with van der Waals surface area (Å²) < 4.78 is 5.73. The SMILES string of the molecule is C=C(C)c1ccc(Oc2ccc([N+](=O)[O-])cc2C)cc1. The molecule has 102 valence electrons. The van der Waals surface area contributed by atoms with Crippen molar-refractivity contribution >= 4 is 11.3 Å². The largest absolute Gasteiger partial charge is 0.457 e. The van der Waals surface area contributed by atoms with Crippen LogP contribution in [0.5, 0.6) is 11.5 Å². The molecule has 0 radical (unpaired) electrons. The molecule has 0 spiro atoms. The number of hydrogen-bond donors (Lipinski definition) is 0. The van der Waals surface area contributed by atoms with Crippen LogP contribution < -0.4 is 4.74 Å². The van der Waals surface area contributed by atoms with Gasteiger partial charge in [0.25, 0.3) is 5.69 Å². The van der Waals surface area contributed by atoms with Crippen LogP contribution in [0.4, 0.5) is 5.69 Å². The summed E-state index contributed by atoms with van der Waals surface area (Å²) in [7, 11) is 0. The smallest absolute Gasteiger partial charge is 0.269 e. The molecule has 0 amide bonds.